The van der Waals surface area contributed by atoms with Crippen LogP contribution in [-0.4, -0.2) is 71.2 Å². The van der Waals surface area contributed by atoms with E-state index in [1.54, 1.807) is 0 Å². The average molecular weight is 538 g/mol. The van der Waals surface area contributed by atoms with Crippen molar-refractivity contribution in [1.29, 1.82) is 0 Å². The summed E-state index contributed by atoms with van der Waals surface area (Å²) in [5, 5.41) is 12.2. The van der Waals surface area contributed by atoms with Crippen LogP contribution >= 0.6 is 0 Å². The van der Waals surface area contributed by atoms with Crippen molar-refractivity contribution >= 4 is 18.0 Å². The van der Waals surface area contributed by atoms with E-state index in [-0.39, 0.29) is 25.6 Å². The van der Waals surface area contributed by atoms with Crippen LogP contribution in [0.1, 0.15) is 29.0 Å². The maximum Gasteiger partial charge on any atom is 0.408 e. The summed E-state index contributed by atoms with van der Waals surface area (Å²) in [7, 11) is 0. The van der Waals surface area contributed by atoms with Gasteiger partial charge in [0.05, 0.1) is 6.54 Å². The van der Waals surface area contributed by atoms with Gasteiger partial charge in [-0.25, -0.2) is 4.79 Å². The summed E-state index contributed by atoms with van der Waals surface area (Å²) in [4.78, 5) is 41.7. The van der Waals surface area contributed by atoms with E-state index >= 15 is 0 Å². The zero-order valence-corrected chi connectivity index (χ0v) is 22.1. The molecule has 0 spiro atoms. The Labute approximate surface area is 233 Å². The highest BCUT2D eigenvalue weighted by atomic mass is 16.5. The number of carbonyl (C=O) groups is 3. The summed E-state index contributed by atoms with van der Waals surface area (Å²) in [6.45, 7) is 0.665. The number of alkyl carbamates (subject to hydrolysis) is 1. The van der Waals surface area contributed by atoms with Crippen molar-refractivity contribution in [2.75, 3.05) is 32.8 Å². The highest BCUT2D eigenvalue weighted by Gasteiger charge is 2.48. The Bertz CT molecular complexity index is 1400. The largest absolute Gasteiger partial charge is 0.480 e. The van der Waals surface area contributed by atoms with E-state index in [9.17, 15) is 19.5 Å². The third kappa shape index (κ3) is 5.56. The molecule has 0 radical (unpaired) electrons. The van der Waals surface area contributed by atoms with Gasteiger partial charge in [0.1, 0.15) is 18.7 Å². The number of carbonyl (C=O) groups excluding carboxylic acids is 2. The van der Waals surface area contributed by atoms with Gasteiger partial charge in [-0.2, -0.15) is 0 Å². The van der Waals surface area contributed by atoms with Gasteiger partial charge in [-0.3, -0.25) is 14.5 Å². The predicted octanol–water partition coefficient (Wildman–Crippen LogP) is 3.72. The zero-order valence-electron chi connectivity index (χ0n) is 22.1. The molecule has 2 amide bonds. The molecule has 1 fully saturated rings. The number of ether oxygens (including phenoxy) is 1. The number of carboxylic acids is 1. The maximum absolute atomic E-state index is 13.8. The lowest BCUT2D eigenvalue weighted by atomic mass is 9.96. The molecule has 3 aromatic carbocycles. The molecule has 40 heavy (non-hydrogen) atoms. The number of rotatable bonds is 9. The molecular weight excluding hydrogens is 506 g/mol. The smallest absolute Gasteiger partial charge is 0.408 e. The number of hydrogen-bond donors (Lipinski definition) is 2. The summed E-state index contributed by atoms with van der Waals surface area (Å²) in [5.74, 6) is 0.521. The second kappa shape index (κ2) is 11.6. The lowest BCUT2D eigenvalue weighted by molar-refractivity contribution is -0.146. The van der Waals surface area contributed by atoms with Crippen LogP contribution in [0.2, 0.25) is 0 Å². The Kier molecular flexibility index (Phi) is 7.85. The molecule has 2 aliphatic rings. The first-order valence-corrected chi connectivity index (χ1v) is 13.2. The van der Waals surface area contributed by atoms with Crippen LogP contribution in [0, 0.1) is 12.3 Å². The molecule has 0 saturated carbocycles. The Morgan fingerprint density at radius 1 is 1.00 bits per heavy atom. The van der Waals surface area contributed by atoms with Crippen LogP contribution in [-0.2, 0) is 20.9 Å². The van der Waals surface area contributed by atoms with Crippen molar-refractivity contribution in [2.24, 2.45) is 0 Å². The second-order valence-corrected chi connectivity index (χ2v) is 10.2. The lowest BCUT2D eigenvalue weighted by Gasteiger charge is -2.33. The van der Waals surface area contributed by atoms with Gasteiger partial charge >= 0.3 is 12.1 Å². The monoisotopic (exact) mass is 537 g/mol. The number of nitrogens with one attached hydrogen (secondary N) is 1. The summed E-state index contributed by atoms with van der Waals surface area (Å²) in [5.41, 5.74) is 4.09. The third-order valence-electron chi connectivity index (χ3n) is 7.59. The first kappa shape index (κ1) is 27.0. The Balaban J connectivity index is 1.34. The van der Waals surface area contributed by atoms with Crippen molar-refractivity contribution < 1.29 is 24.2 Å². The number of hydrogen-bond acceptors (Lipinski definition) is 5. The molecule has 8 heteroatoms. The van der Waals surface area contributed by atoms with E-state index in [1.807, 2.05) is 66.7 Å². The van der Waals surface area contributed by atoms with Gasteiger partial charge < -0.3 is 20.1 Å². The first-order chi connectivity index (χ1) is 19.4. The van der Waals surface area contributed by atoms with Crippen LogP contribution in [0.5, 0.6) is 0 Å². The number of benzene rings is 3. The molecule has 204 valence electrons. The quantitative estimate of drug-likeness (QED) is 0.404. The summed E-state index contributed by atoms with van der Waals surface area (Å²) < 4.78 is 5.76. The minimum absolute atomic E-state index is 0.0983. The van der Waals surface area contributed by atoms with E-state index in [0.29, 0.717) is 19.5 Å². The summed E-state index contributed by atoms with van der Waals surface area (Å²) >= 11 is 0. The van der Waals surface area contributed by atoms with Crippen LogP contribution in [0.4, 0.5) is 4.79 Å². The van der Waals surface area contributed by atoms with E-state index < -0.39 is 30.1 Å². The Hall–Kier alpha value is -4.61. The first-order valence-electron chi connectivity index (χ1n) is 13.2. The van der Waals surface area contributed by atoms with Crippen molar-refractivity contribution in [3.63, 3.8) is 0 Å². The van der Waals surface area contributed by atoms with Gasteiger partial charge in [-0.05, 0) is 34.2 Å². The van der Waals surface area contributed by atoms with Crippen LogP contribution in [0.3, 0.4) is 0 Å². The van der Waals surface area contributed by atoms with Crippen molar-refractivity contribution in [2.45, 2.75) is 24.4 Å². The van der Waals surface area contributed by atoms with E-state index in [0.717, 1.165) is 32.7 Å². The Morgan fingerprint density at radius 3 is 2.25 bits per heavy atom. The molecule has 1 aliphatic carbocycles. The zero-order chi connectivity index (χ0) is 28.1. The molecule has 2 N–H and O–H groups in total. The molecule has 0 bridgehead atoms. The van der Waals surface area contributed by atoms with Gasteiger partial charge in [0.2, 0.25) is 0 Å². The molecule has 1 atom stereocenters. The van der Waals surface area contributed by atoms with Gasteiger partial charge in [-0.1, -0.05) is 84.8 Å². The number of aliphatic carboxylic acids is 1. The molecule has 1 aliphatic heterocycles. The number of likely N-dealkylation sites (tertiary alicyclic amines) is 1. The standard InChI is InChI=1S/C32H31N3O5/c1-2-17-35(20-29(36)37)30(38)32(16-18-34(22-32)19-23-10-4-3-5-11-23)33-31(39)40-21-28-26-14-8-6-12-24(26)25-13-7-9-15-27(25)28/h1,3-15,28H,16-22H2,(H,33,39)(H,36,37). The highest BCUT2D eigenvalue weighted by Crippen LogP contribution is 2.44. The fraction of sp³-hybridized carbons (Fsp3) is 0.281. The predicted molar refractivity (Wildman–Crippen MR) is 150 cm³/mol. The normalized spacial score (nSPS) is 17.9. The number of nitrogens with zero attached hydrogens (tertiary/aromatic N) is 2. The molecule has 1 heterocycles. The van der Waals surface area contributed by atoms with E-state index in [1.165, 1.54) is 0 Å². The van der Waals surface area contributed by atoms with Crippen molar-refractivity contribution in [3.05, 3.63) is 95.6 Å². The SMILES string of the molecule is C#CCN(CC(=O)O)C(=O)C1(NC(=O)OCC2c3ccccc3-c3ccccc32)CCN(Cc2ccccc2)C1. The molecule has 8 nitrogen and oxygen atoms in total. The minimum Gasteiger partial charge on any atom is -0.480 e. The van der Waals surface area contributed by atoms with Crippen LogP contribution in [0.15, 0.2) is 78.9 Å². The molecule has 0 aromatic heterocycles. The van der Waals surface area contributed by atoms with Crippen LogP contribution in [0.25, 0.3) is 11.1 Å². The van der Waals surface area contributed by atoms with Gasteiger partial charge in [-0.15, -0.1) is 6.42 Å². The molecule has 5 rings (SSSR count). The maximum atomic E-state index is 13.8. The topological polar surface area (TPSA) is 99.2 Å². The van der Waals surface area contributed by atoms with Gasteiger partial charge in [0.15, 0.2) is 0 Å². The van der Waals surface area contributed by atoms with E-state index in [2.05, 4.69) is 28.3 Å². The van der Waals surface area contributed by atoms with Crippen molar-refractivity contribution in [3.8, 4) is 23.5 Å². The number of carboxylic acid groups (broad SMARTS) is 1. The average Bonchev–Trinajstić information content (AvgIpc) is 3.51. The van der Waals surface area contributed by atoms with E-state index in [4.69, 9.17) is 11.2 Å². The van der Waals surface area contributed by atoms with Gasteiger partial charge in [0.25, 0.3) is 5.91 Å². The fourth-order valence-corrected chi connectivity index (χ4v) is 5.80. The number of terminal acetylenes is 1. The Morgan fingerprint density at radius 2 is 1.62 bits per heavy atom. The second-order valence-electron chi connectivity index (χ2n) is 10.2. The number of fused-ring (bicyclic) bond motifs is 3. The summed E-state index contributed by atoms with van der Waals surface area (Å²) in [6, 6.07) is 25.9. The van der Waals surface area contributed by atoms with Crippen molar-refractivity contribution in [1.82, 2.24) is 15.1 Å². The fourth-order valence-electron chi connectivity index (χ4n) is 5.80. The number of amides is 2. The lowest BCUT2D eigenvalue weighted by Crippen LogP contribution is -2.62. The highest BCUT2D eigenvalue weighted by molar-refractivity contribution is 5.92. The summed E-state index contributed by atoms with van der Waals surface area (Å²) in [6.07, 6.45) is 5.02. The molecule has 3 aromatic rings. The minimum atomic E-state index is -1.37. The molecular formula is C32H31N3O5. The molecule has 1 unspecified atom stereocenters. The third-order valence-corrected chi connectivity index (χ3v) is 7.59. The van der Waals surface area contributed by atoms with Crippen LogP contribution < -0.4 is 5.32 Å². The molecule has 1 saturated heterocycles. The van der Waals surface area contributed by atoms with Gasteiger partial charge in [0, 0.05) is 25.6 Å².